The highest BCUT2D eigenvalue weighted by atomic mass is 16.5. The Kier molecular flexibility index (Phi) is 4.36. The van der Waals surface area contributed by atoms with Crippen LogP contribution >= 0.6 is 0 Å². The number of imidazole rings is 1. The molecule has 4 rings (SSSR count). The first-order chi connectivity index (χ1) is 12.9. The number of nitrogens with zero attached hydrogens (tertiary/aromatic N) is 1. The van der Waals surface area contributed by atoms with E-state index in [9.17, 15) is 9.90 Å². The standard InChI is InChI=1S/C21H23N3O3/c1-21(2,11-18-22-14-8-4-5-9-15(14)23-18)20(26)24-19-13-7-3-6-10-17(13)27-12-16(19)25/h3-10,16,19,25H,11-12H2,1-2H3,(H,22,23)(H,24,26)/t16-,19-/m0/s1. The summed E-state index contributed by atoms with van der Waals surface area (Å²) in [5, 5.41) is 13.4. The van der Waals surface area contributed by atoms with Crippen molar-refractivity contribution in [1.82, 2.24) is 15.3 Å². The van der Waals surface area contributed by atoms with Gasteiger partial charge in [-0.05, 0) is 18.2 Å². The third kappa shape index (κ3) is 3.40. The Morgan fingerprint density at radius 3 is 2.81 bits per heavy atom. The number of rotatable bonds is 4. The summed E-state index contributed by atoms with van der Waals surface area (Å²) in [6.07, 6.45) is -0.320. The molecule has 3 N–H and O–H groups in total. The second-order valence-electron chi connectivity index (χ2n) is 7.63. The summed E-state index contributed by atoms with van der Waals surface area (Å²) in [6.45, 7) is 3.92. The Hall–Kier alpha value is -2.86. The first-order valence-corrected chi connectivity index (χ1v) is 9.08. The first kappa shape index (κ1) is 17.5. The third-order valence-corrected chi connectivity index (χ3v) is 5.00. The summed E-state index contributed by atoms with van der Waals surface area (Å²) in [5.41, 5.74) is 1.94. The molecule has 2 heterocycles. The quantitative estimate of drug-likeness (QED) is 0.663. The van der Waals surface area contributed by atoms with Gasteiger partial charge in [-0.1, -0.05) is 44.2 Å². The number of hydrogen-bond acceptors (Lipinski definition) is 4. The van der Waals surface area contributed by atoms with Gasteiger partial charge in [0.15, 0.2) is 0 Å². The molecule has 0 radical (unpaired) electrons. The van der Waals surface area contributed by atoms with Crippen LogP contribution in [0.15, 0.2) is 48.5 Å². The third-order valence-electron chi connectivity index (χ3n) is 5.00. The van der Waals surface area contributed by atoms with Crippen LogP contribution in [-0.2, 0) is 11.2 Å². The van der Waals surface area contributed by atoms with E-state index in [2.05, 4.69) is 15.3 Å². The zero-order chi connectivity index (χ0) is 19.0. The fourth-order valence-corrected chi connectivity index (χ4v) is 3.45. The van der Waals surface area contributed by atoms with Gasteiger partial charge in [-0.2, -0.15) is 0 Å². The summed E-state index contributed by atoms with van der Waals surface area (Å²) in [5.74, 6) is 1.33. The number of para-hydroxylation sites is 3. The van der Waals surface area contributed by atoms with Crippen molar-refractivity contribution in [3.63, 3.8) is 0 Å². The van der Waals surface area contributed by atoms with Crippen LogP contribution < -0.4 is 10.1 Å². The largest absolute Gasteiger partial charge is 0.490 e. The predicted molar refractivity (Wildman–Crippen MR) is 102 cm³/mol. The van der Waals surface area contributed by atoms with Crippen molar-refractivity contribution in [3.8, 4) is 5.75 Å². The van der Waals surface area contributed by atoms with Gasteiger partial charge in [-0.25, -0.2) is 4.98 Å². The molecule has 1 aliphatic rings. The monoisotopic (exact) mass is 365 g/mol. The number of aliphatic hydroxyl groups excluding tert-OH is 1. The fraction of sp³-hybridized carbons (Fsp3) is 0.333. The van der Waals surface area contributed by atoms with Crippen molar-refractivity contribution < 1.29 is 14.6 Å². The molecule has 6 nitrogen and oxygen atoms in total. The number of benzene rings is 2. The van der Waals surface area contributed by atoms with E-state index in [4.69, 9.17) is 4.74 Å². The molecule has 1 amide bonds. The zero-order valence-corrected chi connectivity index (χ0v) is 15.4. The molecule has 0 spiro atoms. The van der Waals surface area contributed by atoms with Crippen molar-refractivity contribution in [1.29, 1.82) is 0 Å². The molecule has 0 saturated carbocycles. The number of amides is 1. The SMILES string of the molecule is CC(C)(Cc1nc2ccccc2[nH]1)C(=O)N[C@H]1c2ccccc2OC[C@@H]1O. The molecule has 0 saturated heterocycles. The lowest BCUT2D eigenvalue weighted by atomic mass is 9.86. The maximum atomic E-state index is 13.0. The number of nitrogens with one attached hydrogen (secondary N) is 2. The molecule has 0 unspecified atom stereocenters. The Morgan fingerprint density at radius 1 is 1.26 bits per heavy atom. The molecular weight excluding hydrogens is 342 g/mol. The van der Waals surface area contributed by atoms with Crippen LogP contribution in [0.3, 0.4) is 0 Å². The smallest absolute Gasteiger partial charge is 0.226 e. The number of carbonyl (C=O) groups excluding carboxylic acids is 1. The van der Waals surface area contributed by atoms with E-state index in [-0.39, 0.29) is 12.5 Å². The van der Waals surface area contributed by atoms with Crippen LogP contribution in [0.5, 0.6) is 5.75 Å². The number of aromatic amines is 1. The van der Waals surface area contributed by atoms with Gasteiger partial charge in [0.05, 0.1) is 22.5 Å². The Labute approximate surface area is 157 Å². The van der Waals surface area contributed by atoms with Crippen LogP contribution in [0.2, 0.25) is 0 Å². The highest BCUT2D eigenvalue weighted by molar-refractivity contribution is 5.83. The molecule has 6 heteroatoms. The number of H-pyrrole nitrogens is 1. The second kappa shape index (κ2) is 6.70. The van der Waals surface area contributed by atoms with Gasteiger partial charge in [-0.15, -0.1) is 0 Å². The second-order valence-corrected chi connectivity index (χ2v) is 7.63. The summed E-state index contributed by atoms with van der Waals surface area (Å²) in [6, 6.07) is 14.8. The zero-order valence-electron chi connectivity index (χ0n) is 15.4. The van der Waals surface area contributed by atoms with Gasteiger partial charge < -0.3 is 20.1 Å². The molecule has 0 aliphatic carbocycles. The minimum absolute atomic E-state index is 0.135. The number of aromatic nitrogens is 2. The minimum atomic E-state index is -0.786. The number of carbonyl (C=O) groups is 1. The minimum Gasteiger partial charge on any atom is -0.490 e. The van der Waals surface area contributed by atoms with Crippen LogP contribution in [0, 0.1) is 5.41 Å². The van der Waals surface area contributed by atoms with Crippen molar-refractivity contribution in [3.05, 3.63) is 59.9 Å². The van der Waals surface area contributed by atoms with Crippen LogP contribution in [0.25, 0.3) is 11.0 Å². The molecule has 3 aromatic rings. The average molecular weight is 365 g/mol. The molecule has 0 bridgehead atoms. The number of ether oxygens (including phenoxy) is 1. The van der Waals surface area contributed by atoms with Gasteiger partial charge >= 0.3 is 0 Å². The van der Waals surface area contributed by atoms with Crippen molar-refractivity contribution in [2.45, 2.75) is 32.4 Å². The summed E-state index contributed by atoms with van der Waals surface area (Å²) in [4.78, 5) is 20.9. The lowest BCUT2D eigenvalue weighted by molar-refractivity contribution is -0.131. The molecule has 0 fully saturated rings. The number of hydrogen-bond donors (Lipinski definition) is 3. The highest BCUT2D eigenvalue weighted by Crippen LogP contribution is 2.33. The summed E-state index contributed by atoms with van der Waals surface area (Å²) >= 11 is 0. The van der Waals surface area contributed by atoms with Crippen molar-refractivity contribution in [2.24, 2.45) is 5.41 Å². The Bertz CT molecular complexity index is 946. The molecular formula is C21H23N3O3. The lowest BCUT2D eigenvalue weighted by Gasteiger charge is -2.33. The van der Waals surface area contributed by atoms with Crippen LogP contribution in [-0.4, -0.2) is 33.7 Å². The Morgan fingerprint density at radius 2 is 2.00 bits per heavy atom. The van der Waals surface area contributed by atoms with Gasteiger partial charge in [0.2, 0.25) is 5.91 Å². The van der Waals surface area contributed by atoms with E-state index >= 15 is 0 Å². The summed E-state index contributed by atoms with van der Waals surface area (Å²) < 4.78 is 5.55. The fourth-order valence-electron chi connectivity index (χ4n) is 3.45. The Balaban J connectivity index is 1.53. The average Bonchev–Trinajstić information content (AvgIpc) is 3.05. The van der Waals surface area contributed by atoms with Crippen molar-refractivity contribution >= 4 is 16.9 Å². The number of fused-ring (bicyclic) bond motifs is 2. The van der Waals surface area contributed by atoms with Gasteiger partial charge in [0.25, 0.3) is 0 Å². The lowest BCUT2D eigenvalue weighted by Crippen LogP contribution is -2.47. The number of aliphatic hydroxyl groups is 1. The molecule has 1 aliphatic heterocycles. The normalized spacial score (nSPS) is 19.4. The topological polar surface area (TPSA) is 87.2 Å². The van der Waals surface area contributed by atoms with Gasteiger partial charge in [0, 0.05) is 12.0 Å². The van der Waals surface area contributed by atoms with E-state index in [1.165, 1.54) is 0 Å². The first-order valence-electron chi connectivity index (χ1n) is 9.08. The van der Waals surface area contributed by atoms with Gasteiger partial charge in [-0.3, -0.25) is 4.79 Å². The maximum Gasteiger partial charge on any atom is 0.226 e. The van der Waals surface area contributed by atoms with E-state index in [0.717, 1.165) is 22.4 Å². The maximum absolute atomic E-state index is 13.0. The molecule has 1 aromatic heterocycles. The molecule has 2 atom stereocenters. The highest BCUT2D eigenvalue weighted by Gasteiger charge is 2.36. The van der Waals surface area contributed by atoms with Crippen LogP contribution in [0.1, 0.15) is 31.3 Å². The van der Waals surface area contributed by atoms with E-state index < -0.39 is 17.6 Å². The molecule has 2 aromatic carbocycles. The van der Waals surface area contributed by atoms with Gasteiger partial charge in [0.1, 0.15) is 24.3 Å². The van der Waals surface area contributed by atoms with E-state index in [0.29, 0.717) is 12.2 Å². The van der Waals surface area contributed by atoms with E-state index in [1.807, 2.05) is 62.4 Å². The van der Waals surface area contributed by atoms with Crippen LogP contribution in [0.4, 0.5) is 0 Å². The molecule has 140 valence electrons. The van der Waals surface area contributed by atoms with E-state index in [1.54, 1.807) is 0 Å². The molecule has 27 heavy (non-hydrogen) atoms. The predicted octanol–water partition coefficient (Wildman–Crippen LogP) is 2.74. The summed E-state index contributed by atoms with van der Waals surface area (Å²) in [7, 11) is 0. The van der Waals surface area contributed by atoms with Crippen molar-refractivity contribution in [2.75, 3.05) is 6.61 Å².